The molecule has 3 atom stereocenters. The maximum atomic E-state index is 13.2. The number of alkyl carbamates (subject to hydrolysis) is 1. The number of carbonyl (C=O) groups excluding carboxylic acids is 3. The molecular formula is C24H39N3O4. The van der Waals surface area contributed by atoms with Gasteiger partial charge in [-0.15, -0.1) is 0 Å². The third kappa shape index (κ3) is 8.23. The molecule has 0 bridgehead atoms. The molecule has 31 heavy (non-hydrogen) atoms. The first-order chi connectivity index (χ1) is 14.3. The molecule has 0 heterocycles. The highest BCUT2D eigenvalue weighted by molar-refractivity contribution is 5.92. The quantitative estimate of drug-likeness (QED) is 0.648. The number of amides is 3. The van der Waals surface area contributed by atoms with E-state index in [1.54, 1.807) is 34.7 Å². The molecule has 0 aromatic heterocycles. The van der Waals surface area contributed by atoms with E-state index < -0.39 is 23.8 Å². The van der Waals surface area contributed by atoms with Crippen molar-refractivity contribution in [1.29, 1.82) is 0 Å². The van der Waals surface area contributed by atoms with E-state index >= 15 is 0 Å². The maximum Gasteiger partial charge on any atom is 0.408 e. The maximum absolute atomic E-state index is 13.2. The van der Waals surface area contributed by atoms with Crippen molar-refractivity contribution in [2.75, 3.05) is 7.05 Å². The van der Waals surface area contributed by atoms with Gasteiger partial charge >= 0.3 is 6.09 Å². The second-order valence-electron chi connectivity index (χ2n) is 9.28. The molecule has 1 aromatic rings. The van der Waals surface area contributed by atoms with Crippen LogP contribution in [0.15, 0.2) is 18.2 Å². The molecule has 0 aliphatic heterocycles. The Balaban J connectivity index is 3.14. The molecule has 0 aliphatic rings. The number of hydrogen-bond acceptors (Lipinski definition) is 4. The Morgan fingerprint density at radius 1 is 1.10 bits per heavy atom. The van der Waals surface area contributed by atoms with Crippen LogP contribution in [0.25, 0.3) is 0 Å². The fourth-order valence-corrected chi connectivity index (χ4v) is 3.46. The second-order valence-corrected chi connectivity index (χ2v) is 9.28. The van der Waals surface area contributed by atoms with Crippen LogP contribution >= 0.6 is 0 Å². The van der Waals surface area contributed by atoms with Gasteiger partial charge in [-0.3, -0.25) is 9.59 Å². The fourth-order valence-electron chi connectivity index (χ4n) is 3.46. The molecule has 0 aliphatic carbocycles. The molecule has 174 valence electrons. The number of aryl methyl sites for hydroxylation is 2. The zero-order chi connectivity index (χ0) is 23.9. The van der Waals surface area contributed by atoms with E-state index in [1.807, 2.05) is 39.0 Å². The van der Waals surface area contributed by atoms with Gasteiger partial charge in [0.1, 0.15) is 17.7 Å². The molecule has 2 N–H and O–H groups in total. The van der Waals surface area contributed by atoms with Gasteiger partial charge in [0.15, 0.2) is 0 Å². The van der Waals surface area contributed by atoms with Crippen LogP contribution < -0.4 is 10.6 Å². The van der Waals surface area contributed by atoms with Crippen molar-refractivity contribution in [2.45, 2.75) is 92.0 Å². The number of rotatable bonds is 8. The average Bonchev–Trinajstić information content (AvgIpc) is 2.61. The number of ether oxygens (including phenoxy) is 1. The highest BCUT2D eigenvalue weighted by atomic mass is 16.6. The fraction of sp³-hybridized carbons (Fsp3) is 0.625. The topological polar surface area (TPSA) is 87.7 Å². The highest BCUT2D eigenvalue weighted by Gasteiger charge is 2.33. The third-order valence-electron chi connectivity index (χ3n) is 4.92. The first kappa shape index (κ1) is 26.5. The van der Waals surface area contributed by atoms with Crippen molar-refractivity contribution >= 4 is 17.9 Å². The molecular weight excluding hydrogens is 394 g/mol. The van der Waals surface area contributed by atoms with Crippen LogP contribution in [-0.2, 0) is 14.3 Å². The molecule has 1 aromatic carbocycles. The van der Waals surface area contributed by atoms with Crippen molar-refractivity contribution in [3.05, 3.63) is 34.9 Å². The van der Waals surface area contributed by atoms with Crippen LogP contribution in [0, 0.1) is 13.8 Å². The zero-order valence-corrected chi connectivity index (χ0v) is 20.5. The molecule has 3 amide bonds. The molecule has 7 nitrogen and oxygen atoms in total. The SMILES string of the molecule is CCCC(C)NC(=O)C(c1ccc(C)cc1C)N(C)C(=O)C(C)NC(=O)OC(C)(C)C. The van der Waals surface area contributed by atoms with Gasteiger partial charge < -0.3 is 20.3 Å². The minimum absolute atomic E-state index is 0.00781. The summed E-state index contributed by atoms with van der Waals surface area (Å²) in [5, 5.41) is 5.59. The van der Waals surface area contributed by atoms with E-state index in [9.17, 15) is 14.4 Å². The van der Waals surface area contributed by atoms with E-state index in [0.717, 1.165) is 29.5 Å². The molecule has 0 radical (unpaired) electrons. The third-order valence-corrected chi connectivity index (χ3v) is 4.92. The van der Waals surface area contributed by atoms with Crippen molar-refractivity contribution in [3.63, 3.8) is 0 Å². The summed E-state index contributed by atoms with van der Waals surface area (Å²) in [6.07, 6.45) is 1.12. The van der Waals surface area contributed by atoms with Crippen LogP contribution in [0.1, 0.15) is 77.1 Å². The van der Waals surface area contributed by atoms with Crippen molar-refractivity contribution < 1.29 is 19.1 Å². The summed E-state index contributed by atoms with van der Waals surface area (Å²) in [5.74, 6) is -0.623. The molecule has 0 fully saturated rings. The number of carbonyl (C=O) groups is 3. The minimum Gasteiger partial charge on any atom is -0.444 e. The lowest BCUT2D eigenvalue weighted by Gasteiger charge is -2.32. The summed E-state index contributed by atoms with van der Waals surface area (Å²) in [6.45, 7) is 14.8. The van der Waals surface area contributed by atoms with Crippen LogP contribution in [0.4, 0.5) is 4.79 Å². The van der Waals surface area contributed by atoms with Gasteiger partial charge in [-0.1, -0.05) is 37.1 Å². The Bertz CT molecular complexity index is 786. The normalized spacial score (nSPS) is 14.2. The van der Waals surface area contributed by atoms with E-state index in [-0.39, 0.29) is 17.9 Å². The summed E-state index contributed by atoms with van der Waals surface area (Å²) in [5.41, 5.74) is 2.09. The van der Waals surface area contributed by atoms with Gasteiger partial charge in [0.25, 0.3) is 0 Å². The molecule has 7 heteroatoms. The Morgan fingerprint density at radius 3 is 2.23 bits per heavy atom. The highest BCUT2D eigenvalue weighted by Crippen LogP contribution is 2.25. The summed E-state index contributed by atoms with van der Waals surface area (Å²) >= 11 is 0. The van der Waals surface area contributed by atoms with Gasteiger partial charge in [0.05, 0.1) is 0 Å². The lowest BCUT2D eigenvalue weighted by molar-refractivity contribution is -0.140. The van der Waals surface area contributed by atoms with Crippen LogP contribution in [0.3, 0.4) is 0 Å². The van der Waals surface area contributed by atoms with E-state index in [0.29, 0.717) is 0 Å². The van der Waals surface area contributed by atoms with Gasteiger partial charge in [-0.25, -0.2) is 4.79 Å². The first-order valence-electron chi connectivity index (χ1n) is 10.9. The Hall–Kier alpha value is -2.57. The van der Waals surface area contributed by atoms with Gasteiger partial charge in [0, 0.05) is 13.1 Å². The first-order valence-corrected chi connectivity index (χ1v) is 10.9. The lowest BCUT2D eigenvalue weighted by atomic mass is 9.96. The van der Waals surface area contributed by atoms with Gasteiger partial charge in [-0.05, 0) is 66.0 Å². The lowest BCUT2D eigenvalue weighted by Crippen LogP contribution is -2.51. The van der Waals surface area contributed by atoms with Gasteiger partial charge in [-0.2, -0.15) is 0 Å². The number of nitrogens with zero attached hydrogens (tertiary/aromatic N) is 1. The Kier molecular flexibility index (Phi) is 9.53. The van der Waals surface area contributed by atoms with E-state index in [2.05, 4.69) is 17.6 Å². The summed E-state index contributed by atoms with van der Waals surface area (Å²) < 4.78 is 5.24. The molecule has 1 rings (SSSR count). The molecule has 0 saturated heterocycles. The summed E-state index contributed by atoms with van der Waals surface area (Å²) in [4.78, 5) is 39.8. The van der Waals surface area contributed by atoms with E-state index in [4.69, 9.17) is 4.74 Å². The van der Waals surface area contributed by atoms with Crippen molar-refractivity contribution in [2.24, 2.45) is 0 Å². The number of hydrogen-bond donors (Lipinski definition) is 2. The molecule has 0 saturated carbocycles. The number of nitrogens with one attached hydrogen (secondary N) is 2. The number of benzene rings is 1. The smallest absolute Gasteiger partial charge is 0.408 e. The summed E-state index contributed by atoms with van der Waals surface area (Å²) in [7, 11) is 1.59. The van der Waals surface area contributed by atoms with Gasteiger partial charge in [0.2, 0.25) is 11.8 Å². The molecule has 0 spiro atoms. The van der Waals surface area contributed by atoms with Crippen LogP contribution in [0.2, 0.25) is 0 Å². The predicted octanol–water partition coefficient (Wildman–Crippen LogP) is 4.02. The standard InChI is InChI=1S/C24H39N3O4/c1-10-11-17(4)25-21(28)20(19-13-12-15(2)14-16(19)3)27(9)22(29)18(5)26-23(30)31-24(6,7)8/h12-14,17-18,20H,10-11H2,1-9H3,(H,25,28)(H,26,30). The van der Waals surface area contributed by atoms with Crippen molar-refractivity contribution in [3.8, 4) is 0 Å². The predicted molar refractivity (Wildman–Crippen MR) is 123 cm³/mol. The number of likely N-dealkylation sites (N-methyl/N-ethyl adjacent to an activating group) is 1. The minimum atomic E-state index is -0.853. The monoisotopic (exact) mass is 433 g/mol. The van der Waals surface area contributed by atoms with Crippen molar-refractivity contribution in [1.82, 2.24) is 15.5 Å². The average molecular weight is 434 g/mol. The second kappa shape index (κ2) is 11.2. The van der Waals surface area contributed by atoms with E-state index in [1.165, 1.54) is 4.90 Å². The largest absolute Gasteiger partial charge is 0.444 e. The van der Waals surface area contributed by atoms with Crippen LogP contribution in [0.5, 0.6) is 0 Å². The Morgan fingerprint density at radius 2 is 1.71 bits per heavy atom. The Labute approximate surface area is 186 Å². The van der Waals surface area contributed by atoms with Crippen LogP contribution in [-0.4, -0.2) is 47.5 Å². The molecule has 3 unspecified atom stereocenters. The summed E-state index contributed by atoms with van der Waals surface area (Å²) in [6, 6.07) is 4.13. The zero-order valence-electron chi connectivity index (χ0n) is 20.5.